The molecule has 0 aromatic carbocycles. The first-order valence-electron chi connectivity index (χ1n) is 5.31. The molecule has 0 rings (SSSR count). The van der Waals surface area contributed by atoms with Crippen LogP contribution in [0.4, 0.5) is 13.2 Å². The molecule has 0 aliphatic carbocycles. The van der Waals surface area contributed by atoms with Gasteiger partial charge in [-0.1, -0.05) is 37.6 Å². The summed E-state index contributed by atoms with van der Waals surface area (Å²) in [5.74, 6) is 0.163. The zero-order chi connectivity index (χ0) is 12.9. The molecule has 0 fully saturated rings. The number of hydrogen-bond acceptors (Lipinski definition) is 0. The Labute approximate surface area is 95.5 Å². The lowest BCUT2D eigenvalue weighted by molar-refractivity contribution is -0.0883. The van der Waals surface area contributed by atoms with Gasteiger partial charge in [0.2, 0.25) is 0 Å². The van der Waals surface area contributed by atoms with Crippen LogP contribution in [0.3, 0.4) is 0 Å². The summed E-state index contributed by atoms with van der Waals surface area (Å²) in [5, 5.41) is 0. The lowest BCUT2D eigenvalue weighted by atomic mass is 9.97. The van der Waals surface area contributed by atoms with E-state index in [2.05, 4.69) is 6.58 Å². The van der Waals surface area contributed by atoms with E-state index in [1.807, 2.05) is 13.8 Å². The summed E-state index contributed by atoms with van der Waals surface area (Å²) in [6.07, 6.45) is -1.19. The third-order valence-corrected chi connectivity index (χ3v) is 2.50. The van der Waals surface area contributed by atoms with E-state index in [9.17, 15) is 13.2 Å². The first kappa shape index (κ1) is 15.0. The van der Waals surface area contributed by atoms with Crippen molar-refractivity contribution >= 4 is 0 Å². The molecule has 0 aromatic heterocycles. The van der Waals surface area contributed by atoms with Crippen molar-refractivity contribution in [3.63, 3.8) is 0 Å². The van der Waals surface area contributed by atoms with Crippen LogP contribution < -0.4 is 0 Å². The molecule has 0 nitrogen and oxygen atoms in total. The first-order valence-corrected chi connectivity index (χ1v) is 5.31. The fraction of sp³-hybridized carbons (Fsp3) is 0.538. The summed E-state index contributed by atoms with van der Waals surface area (Å²) in [6, 6.07) is 0. The van der Waals surface area contributed by atoms with Gasteiger partial charge in [-0.15, -0.1) is 0 Å². The highest BCUT2D eigenvalue weighted by atomic mass is 19.4. The second-order valence-corrected chi connectivity index (χ2v) is 4.14. The second-order valence-electron chi connectivity index (χ2n) is 4.14. The standard InChI is InChI=1S/C13H19F3/c1-6-10(4)11(5)8-12(7-9(2)3)13(14,15)16/h7-8,10H,2,6H2,1,3-5H3/b11-8-,12-7+. The van der Waals surface area contributed by atoms with E-state index < -0.39 is 11.7 Å². The minimum Gasteiger partial charge on any atom is -0.166 e. The lowest BCUT2D eigenvalue weighted by Gasteiger charge is -2.13. The first-order chi connectivity index (χ1) is 7.18. The molecular weight excluding hydrogens is 213 g/mol. The van der Waals surface area contributed by atoms with E-state index in [1.54, 1.807) is 13.8 Å². The summed E-state index contributed by atoms with van der Waals surface area (Å²) in [4.78, 5) is 0. The fourth-order valence-corrected chi connectivity index (χ4v) is 1.18. The monoisotopic (exact) mass is 232 g/mol. The molecule has 16 heavy (non-hydrogen) atoms. The van der Waals surface area contributed by atoms with Crippen LogP contribution in [0, 0.1) is 5.92 Å². The Morgan fingerprint density at radius 1 is 1.25 bits per heavy atom. The smallest absolute Gasteiger partial charge is 0.166 e. The van der Waals surface area contributed by atoms with Crippen LogP contribution in [0.5, 0.6) is 0 Å². The molecule has 0 radical (unpaired) electrons. The van der Waals surface area contributed by atoms with Gasteiger partial charge in [-0.3, -0.25) is 0 Å². The van der Waals surface area contributed by atoms with E-state index in [0.717, 1.165) is 18.1 Å². The highest BCUT2D eigenvalue weighted by Gasteiger charge is 2.32. The maximum absolute atomic E-state index is 12.7. The third kappa shape index (κ3) is 5.19. The molecule has 1 atom stereocenters. The minimum atomic E-state index is -4.31. The molecule has 1 unspecified atom stereocenters. The van der Waals surface area contributed by atoms with Crippen molar-refractivity contribution in [3.05, 3.63) is 35.5 Å². The molecule has 0 saturated carbocycles. The highest BCUT2D eigenvalue weighted by Crippen LogP contribution is 2.29. The van der Waals surface area contributed by atoms with Gasteiger partial charge in [-0.2, -0.15) is 13.2 Å². The van der Waals surface area contributed by atoms with Crippen molar-refractivity contribution in [2.24, 2.45) is 5.92 Å². The van der Waals surface area contributed by atoms with Crippen molar-refractivity contribution in [2.45, 2.75) is 40.3 Å². The molecule has 0 aliphatic heterocycles. The van der Waals surface area contributed by atoms with Crippen LogP contribution >= 0.6 is 0 Å². The normalized spacial score (nSPS) is 16.2. The van der Waals surface area contributed by atoms with Gasteiger partial charge >= 0.3 is 6.18 Å². The quantitative estimate of drug-likeness (QED) is 0.595. The molecule has 0 spiro atoms. The Morgan fingerprint density at radius 2 is 1.75 bits per heavy atom. The predicted molar refractivity (Wildman–Crippen MR) is 62.2 cm³/mol. The number of rotatable bonds is 4. The van der Waals surface area contributed by atoms with E-state index >= 15 is 0 Å². The zero-order valence-corrected chi connectivity index (χ0v) is 10.3. The maximum Gasteiger partial charge on any atom is 0.416 e. The van der Waals surface area contributed by atoms with Crippen molar-refractivity contribution in [2.75, 3.05) is 0 Å². The molecular formula is C13H19F3. The minimum absolute atomic E-state index is 0.163. The van der Waals surface area contributed by atoms with Crippen molar-refractivity contribution in [1.29, 1.82) is 0 Å². The van der Waals surface area contributed by atoms with E-state index in [-0.39, 0.29) is 5.92 Å². The Hall–Kier alpha value is -0.990. The third-order valence-electron chi connectivity index (χ3n) is 2.50. The van der Waals surface area contributed by atoms with Crippen LogP contribution in [-0.4, -0.2) is 6.18 Å². The SMILES string of the molecule is C=C(C)/C=C(\C=C(\C)C(C)CC)C(F)(F)F. The molecule has 92 valence electrons. The van der Waals surface area contributed by atoms with Gasteiger partial charge in [0.25, 0.3) is 0 Å². The van der Waals surface area contributed by atoms with Gasteiger partial charge in [-0.25, -0.2) is 0 Å². The van der Waals surface area contributed by atoms with Crippen LogP contribution in [0.1, 0.15) is 34.1 Å². The Bertz CT molecular complexity index is 306. The number of alkyl halides is 3. The molecule has 0 aliphatic rings. The molecule has 0 N–H and O–H groups in total. The molecule has 0 heterocycles. The Kier molecular flexibility index (Phi) is 5.56. The van der Waals surface area contributed by atoms with Gasteiger partial charge in [0.1, 0.15) is 0 Å². The van der Waals surface area contributed by atoms with Gasteiger partial charge in [0.15, 0.2) is 0 Å². The number of halogens is 3. The predicted octanol–water partition coefficient (Wildman–Crippen LogP) is 5.04. The number of hydrogen-bond donors (Lipinski definition) is 0. The summed E-state index contributed by atoms with van der Waals surface area (Å²) in [5.41, 5.74) is 0.519. The highest BCUT2D eigenvalue weighted by molar-refractivity contribution is 5.33. The van der Waals surface area contributed by atoms with Crippen LogP contribution in [0.15, 0.2) is 35.5 Å². The van der Waals surface area contributed by atoms with Crippen molar-refractivity contribution in [3.8, 4) is 0 Å². The number of allylic oxidation sites excluding steroid dienone is 5. The average Bonchev–Trinajstić information content (AvgIpc) is 2.13. The Balaban J connectivity index is 5.18. The van der Waals surface area contributed by atoms with Gasteiger partial charge in [0, 0.05) is 0 Å². The maximum atomic E-state index is 12.7. The van der Waals surface area contributed by atoms with Gasteiger partial charge in [-0.05, 0) is 32.3 Å². The van der Waals surface area contributed by atoms with Crippen LogP contribution in [0.25, 0.3) is 0 Å². The second kappa shape index (κ2) is 5.92. The van der Waals surface area contributed by atoms with Crippen molar-refractivity contribution < 1.29 is 13.2 Å². The summed E-state index contributed by atoms with van der Waals surface area (Å²) in [6.45, 7) is 10.6. The van der Waals surface area contributed by atoms with Gasteiger partial charge < -0.3 is 0 Å². The summed E-state index contributed by atoms with van der Waals surface area (Å²) < 4.78 is 38.0. The molecule has 0 amide bonds. The molecule has 3 heteroatoms. The summed E-state index contributed by atoms with van der Waals surface area (Å²) in [7, 11) is 0. The van der Waals surface area contributed by atoms with Crippen molar-refractivity contribution in [1.82, 2.24) is 0 Å². The molecule has 0 saturated heterocycles. The molecule has 0 aromatic rings. The average molecular weight is 232 g/mol. The Morgan fingerprint density at radius 3 is 2.06 bits per heavy atom. The largest absolute Gasteiger partial charge is 0.416 e. The van der Waals surface area contributed by atoms with Crippen LogP contribution in [-0.2, 0) is 0 Å². The topological polar surface area (TPSA) is 0 Å². The zero-order valence-electron chi connectivity index (χ0n) is 10.3. The van der Waals surface area contributed by atoms with E-state index in [1.165, 1.54) is 6.08 Å². The van der Waals surface area contributed by atoms with E-state index in [0.29, 0.717) is 5.57 Å². The lowest BCUT2D eigenvalue weighted by Crippen LogP contribution is -2.11. The summed E-state index contributed by atoms with van der Waals surface area (Å²) >= 11 is 0. The van der Waals surface area contributed by atoms with Gasteiger partial charge in [0.05, 0.1) is 5.57 Å². The van der Waals surface area contributed by atoms with Crippen LogP contribution in [0.2, 0.25) is 0 Å². The van der Waals surface area contributed by atoms with E-state index in [4.69, 9.17) is 0 Å². The fourth-order valence-electron chi connectivity index (χ4n) is 1.18. The molecule has 0 bridgehead atoms.